The maximum atomic E-state index is 12.8. The van der Waals surface area contributed by atoms with Crippen LogP contribution in [0.2, 0.25) is 0 Å². The Bertz CT molecular complexity index is 859. The highest BCUT2D eigenvalue weighted by Gasteiger charge is 2.29. The Morgan fingerprint density at radius 1 is 1.26 bits per heavy atom. The van der Waals surface area contributed by atoms with Gasteiger partial charge in [-0.3, -0.25) is 14.5 Å². The molecular formula is C19H27ClN4O2S. The number of likely N-dealkylation sites (tertiary alicyclic amines) is 1. The minimum atomic E-state index is 0. The number of aryl methyl sites for hydroxylation is 1. The highest BCUT2D eigenvalue weighted by molar-refractivity contribution is 7.16. The molecule has 2 fully saturated rings. The number of amides is 1. The van der Waals surface area contributed by atoms with Crippen LogP contribution in [0, 0.1) is 5.92 Å². The number of carbonyl (C=O) groups excluding carboxylic acids is 1. The molecule has 1 amide bonds. The van der Waals surface area contributed by atoms with Gasteiger partial charge in [-0.2, -0.15) is 0 Å². The molecule has 2 aliphatic heterocycles. The van der Waals surface area contributed by atoms with E-state index in [9.17, 15) is 9.59 Å². The third kappa shape index (κ3) is 4.37. The smallest absolute Gasteiger partial charge is 0.307 e. The van der Waals surface area contributed by atoms with Crippen molar-refractivity contribution in [1.29, 1.82) is 0 Å². The Balaban J connectivity index is 0.00000210. The van der Waals surface area contributed by atoms with Gasteiger partial charge >= 0.3 is 4.87 Å². The quantitative estimate of drug-likeness (QED) is 0.836. The average Bonchev–Trinajstić information content (AvgIpc) is 2.95. The van der Waals surface area contributed by atoms with Crippen LogP contribution in [-0.4, -0.2) is 59.5 Å². The molecule has 1 N–H and O–H groups in total. The molecule has 1 aromatic heterocycles. The van der Waals surface area contributed by atoms with Gasteiger partial charge in [-0.1, -0.05) is 17.4 Å². The standard InChI is InChI=1S/C19H26N4O2S.ClH/c1-21-16-5-4-14(11-17(16)26-19(21)25)12-22-8-2-3-15(13-22)18(24)23-9-6-20-7-10-23;/h4-5,11,15,20H,2-3,6-10,12-13H2,1H3;1H. The molecule has 1 atom stereocenters. The Morgan fingerprint density at radius 2 is 2.04 bits per heavy atom. The van der Waals surface area contributed by atoms with E-state index in [0.29, 0.717) is 5.91 Å². The van der Waals surface area contributed by atoms with E-state index in [0.717, 1.165) is 68.9 Å². The van der Waals surface area contributed by atoms with E-state index < -0.39 is 0 Å². The zero-order valence-electron chi connectivity index (χ0n) is 15.6. The van der Waals surface area contributed by atoms with Crippen molar-refractivity contribution in [3.8, 4) is 0 Å². The molecule has 2 aromatic rings. The van der Waals surface area contributed by atoms with Gasteiger partial charge in [0.1, 0.15) is 0 Å². The van der Waals surface area contributed by atoms with Crippen LogP contribution in [0.25, 0.3) is 10.2 Å². The van der Waals surface area contributed by atoms with Crippen LogP contribution in [0.1, 0.15) is 18.4 Å². The number of fused-ring (bicyclic) bond motifs is 1. The second-order valence-electron chi connectivity index (χ2n) is 7.38. The molecule has 0 radical (unpaired) electrons. The van der Waals surface area contributed by atoms with Gasteiger partial charge in [0.2, 0.25) is 5.91 Å². The summed E-state index contributed by atoms with van der Waals surface area (Å²) >= 11 is 1.30. The first kappa shape index (κ1) is 20.3. The first-order chi connectivity index (χ1) is 12.6. The van der Waals surface area contributed by atoms with Crippen LogP contribution >= 0.6 is 23.7 Å². The van der Waals surface area contributed by atoms with Crippen LogP contribution in [0.3, 0.4) is 0 Å². The van der Waals surface area contributed by atoms with Gasteiger partial charge in [-0.15, -0.1) is 12.4 Å². The lowest BCUT2D eigenvalue weighted by atomic mass is 9.95. The van der Waals surface area contributed by atoms with Crippen LogP contribution in [-0.2, 0) is 18.4 Å². The normalized spacial score (nSPS) is 21.2. The van der Waals surface area contributed by atoms with E-state index in [1.165, 1.54) is 16.9 Å². The third-order valence-corrected chi connectivity index (χ3v) is 6.54. The highest BCUT2D eigenvalue weighted by Crippen LogP contribution is 2.23. The van der Waals surface area contributed by atoms with Crippen molar-refractivity contribution in [2.75, 3.05) is 39.3 Å². The molecule has 0 aliphatic carbocycles. The number of carbonyl (C=O) groups is 1. The van der Waals surface area contributed by atoms with Gasteiger partial charge in [0.05, 0.1) is 16.1 Å². The maximum absolute atomic E-state index is 12.8. The Kier molecular flexibility index (Phi) is 6.57. The van der Waals surface area contributed by atoms with Crippen LogP contribution in [0.15, 0.2) is 23.0 Å². The largest absolute Gasteiger partial charge is 0.340 e. The van der Waals surface area contributed by atoms with Crippen molar-refractivity contribution in [3.05, 3.63) is 33.4 Å². The predicted molar refractivity (Wildman–Crippen MR) is 112 cm³/mol. The minimum Gasteiger partial charge on any atom is -0.340 e. The molecule has 148 valence electrons. The molecule has 4 rings (SSSR count). The third-order valence-electron chi connectivity index (χ3n) is 5.55. The van der Waals surface area contributed by atoms with Gasteiger partial charge in [0.15, 0.2) is 0 Å². The van der Waals surface area contributed by atoms with Crippen LogP contribution < -0.4 is 10.2 Å². The molecule has 3 heterocycles. The lowest BCUT2D eigenvalue weighted by Crippen LogP contribution is -2.51. The molecule has 27 heavy (non-hydrogen) atoms. The molecule has 0 saturated carbocycles. The molecule has 0 spiro atoms. The Morgan fingerprint density at radius 3 is 2.81 bits per heavy atom. The van der Waals surface area contributed by atoms with E-state index in [-0.39, 0.29) is 23.2 Å². The summed E-state index contributed by atoms with van der Waals surface area (Å²) in [6.07, 6.45) is 2.07. The molecule has 8 heteroatoms. The lowest BCUT2D eigenvalue weighted by Gasteiger charge is -2.36. The second-order valence-corrected chi connectivity index (χ2v) is 8.37. The van der Waals surface area contributed by atoms with Crippen molar-refractivity contribution in [1.82, 2.24) is 19.7 Å². The second kappa shape index (κ2) is 8.73. The molecule has 0 bridgehead atoms. The van der Waals surface area contributed by atoms with E-state index in [4.69, 9.17) is 0 Å². The molecule has 1 unspecified atom stereocenters. The fourth-order valence-electron chi connectivity index (χ4n) is 4.08. The molecule has 6 nitrogen and oxygen atoms in total. The summed E-state index contributed by atoms with van der Waals surface area (Å²) in [6.45, 7) is 6.19. The fraction of sp³-hybridized carbons (Fsp3) is 0.579. The first-order valence-corrected chi connectivity index (χ1v) is 10.2. The number of aromatic nitrogens is 1. The van der Waals surface area contributed by atoms with Crippen molar-refractivity contribution >= 4 is 39.9 Å². The number of piperazine rings is 1. The van der Waals surface area contributed by atoms with Gasteiger partial charge in [-0.25, -0.2) is 0 Å². The maximum Gasteiger partial charge on any atom is 0.307 e. The van der Waals surface area contributed by atoms with E-state index in [2.05, 4.69) is 22.3 Å². The van der Waals surface area contributed by atoms with Crippen molar-refractivity contribution in [2.45, 2.75) is 19.4 Å². The van der Waals surface area contributed by atoms with Gasteiger partial charge in [0, 0.05) is 46.3 Å². The average molecular weight is 411 g/mol. The molecule has 1 aromatic carbocycles. The minimum absolute atomic E-state index is 0. The van der Waals surface area contributed by atoms with Gasteiger partial charge < -0.3 is 14.8 Å². The van der Waals surface area contributed by atoms with Crippen molar-refractivity contribution < 1.29 is 4.79 Å². The predicted octanol–water partition coefficient (Wildman–Crippen LogP) is 1.67. The van der Waals surface area contributed by atoms with Crippen LogP contribution in [0.5, 0.6) is 0 Å². The Hall–Kier alpha value is -1.41. The monoisotopic (exact) mass is 410 g/mol. The van der Waals surface area contributed by atoms with Crippen LogP contribution in [0.4, 0.5) is 0 Å². The van der Waals surface area contributed by atoms with Crippen molar-refractivity contribution in [2.24, 2.45) is 13.0 Å². The molecule has 2 aliphatic rings. The summed E-state index contributed by atoms with van der Waals surface area (Å²) < 4.78 is 2.74. The fourth-order valence-corrected chi connectivity index (χ4v) is 5.02. The molecule has 2 saturated heterocycles. The summed E-state index contributed by atoms with van der Waals surface area (Å²) in [5, 5.41) is 3.31. The topological polar surface area (TPSA) is 57.6 Å². The summed E-state index contributed by atoms with van der Waals surface area (Å²) in [5.74, 6) is 0.450. The van der Waals surface area contributed by atoms with E-state index in [1.807, 2.05) is 18.0 Å². The zero-order valence-corrected chi connectivity index (χ0v) is 17.3. The molecular weight excluding hydrogens is 384 g/mol. The number of benzene rings is 1. The summed E-state index contributed by atoms with van der Waals surface area (Å²) in [7, 11) is 1.82. The van der Waals surface area contributed by atoms with E-state index in [1.54, 1.807) is 4.57 Å². The van der Waals surface area contributed by atoms with Gasteiger partial charge in [0.25, 0.3) is 0 Å². The SMILES string of the molecule is Cl.Cn1c(=O)sc2cc(CN3CCCC(C(=O)N4CCNCC4)C3)ccc21. The Labute approximate surface area is 169 Å². The van der Waals surface area contributed by atoms with Gasteiger partial charge in [-0.05, 0) is 37.1 Å². The number of rotatable bonds is 3. The lowest BCUT2D eigenvalue weighted by molar-refractivity contribution is -0.138. The summed E-state index contributed by atoms with van der Waals surface area (Å²) in [6, 6.07) is 6.27. The number of hydrogen-bond acceptors (Lipinski definition) is 5. The number of piperidine rings is 1. The summed E-state index contributed by atoms with van der Waals surface area (Å²) in [5.41, 5.74) is 2.21. The summed E-state index contributed by atoms with van der Waals surface area (Å²) in [4.78, 5) is 29.1. The zero-order chi connectivity index (χ0) is 18.1. The highest BCUT2D eigenvalue weighted by atomic mass is 35.5. The number of halogens is 1. The number of hydrogen-bond donors (Lipinski definition) is 1. The van der Waals surface area contributed by atoms with Crippen molar-refractivity contribution in [3.63, 3.8) is 0 Å². The number of nitrogens with zero attached hydrogens (tertiary/aromatic N) is 3. The number of thiazole rings is 1. The number of nitrogens with one attached hydrogen (secondary N) is 1. The van der Waals surface area contributed by atoms with E-state index >= 15 is 0 Å². The first-order valence-electron chi connectivity index (χ1n) is 9.42.